The number of hydrogen-bond acceptors (Lipinski definition) is 3. The van der Waals surface area contributed by atoms with Gasteiger partial charge in [0.05, 0.1) is 6.61 Å². The van der Waals surface area contributed by atoms with Gasteiger partial charge in [0.25, 0.3) is 0 Å². The van der Waals surface area contributed by atoms with Gasteiger partial charge in [0.1, 0.15) is 0 Å². The average Bonchev–Trinajstić information content (AvgIpc) is 2.30. The minimum Gasteiger partial charge on any atom is -0.381 e. The molecule has 0 aromatic carbocycles. The lowest BCUT2D eigenvalue weighted by atomic mass is 9.86. The standard InChI is InChI=1S/C14H28N2O/c1-16(10-13-5-3-7-17-11-13)9-12-4-2-6-14(15)8-12/h12-14H,2-11,15H2,1H3. The third-order valence-electron chi connectivity index (χ3n) is 4.22. The number of ether oxygens (including phenoxy) is 1. The fourth-order valence-corrected chi connectivity index (χ4v) is 3.41. The maximum Gasteiger partial charge on any atom is 0.0506 e. The van der Waals surface area contributed by atoms with Crippen molar-refractivity contribution in [3.8, 4) is 0 Å². The van der Waals surface area contributed by atoms with E-state index in [0.717, 1.165) is 25.0 Å². The molecule has 3 unspecified atom stereocenters. The Hall–Kier alpha value is -0.120. The number of hydrogen-bond donors (Lipinski definition) is 1. The van der Waals surface area contributed by atoms with Crippen molar-refractivity contribution in [3.05, 3.63) is 0 Å². The molecule has 3 atom stereocenters. The average molecular weight is 240 g/mol. The second-order valence-corrected chi connectivity index (χ2v) is 6.10. The van der Waals surface area contributed by atoms with Gasteiger partial charge in [0.15, 0.2) is 0 Å². The van der Waals surface area contributed by atoms with E-state index in [-0.39, 0.29) is 0 Å². The molecule has 17 heavy (non-hydrogen) atoms. The van der Waals surface area contributed by atoms with Crippen molar-refractivity contribution in [1.82, 2.24) is 4.90 Å². The summed E-state index contributed by atoms with van der Waals surface area (Å²) in [5, 5.41) is 0. The highest BCUT2D eigenvalue weighted by molar-refractivity contribution is 4.77. The molecule has 0 amide bonds. The maximum absolute atomic E-state index is 6.05. The third-order valence-corrected chi connectivity index (χ3v) is 4.22. The quantitative estimate of drug-likeness (QED) is 0.815. The Balaban J connectivity index is 1.66. The summed E-state index contributed by atoms with van der Waals surface area (Å²) in [4.78, 5) is 2.50. The van der Waals surface area contributed by atoms with Crippen molar-refractivity contribution in [1.29, 1.82) is 0 Å². The normalized spacial score (nSPS) is 35.1. The molecule has 0 aromatic rings. The molecule has 2 N–H and O–H groups in total. The summed E-state index contributed by atoms with van der Waals surface area (Å²) in [5.74, 6) is 1.58. The summed E-state index contributed by atoms with van der Waals surface area (Å²) in [6.45, 7) is 4.36. The Morgan fingerprint density at radius 3 is 2.59 bits per heavy atom. The molecule has 2 rings (SSSR count). The SMILES string of the molecule is CN(CC1CCCOC1)CC1CCCC(N)C1. The van der Waals surface area contributed by atoms with Crippen LogP contribution >= 0.6 is 0 Å². The Morgan fingerprint density at radius 1 is 1.12 bits per heavy atom. The van der Waals surface area contributed by atoms with E-state index < -0.39 is 0 Å². The van der Waals surface area contributed by atoms with Crippen LogP contribution in [0.4, 0.5) is 0 Å². The molecule has 3 heteroatoms. The van der Waals surface area contributed by atoms with Crippen LogP contribution in [0.25, 0.3) is 0 Å². The van der Waals surface area contributed by atoms with Crippen LogP contribution in [0.5, 0.6) is 0 Å². The van der Waals surface area contributed by atoms with Crippen molar-refractivity contribution in [2.45, 2.75) is 44.6 Å². The molecule has 0 bridgehead atoms. The zero-order chi connectivity index (χ0) is 12.1. The van der Waals surface area contributed by atoms with E-state index in [4.69, 9.17) is 10.5 Å². The van der Waals surface area contributed by atoms with Crippen LogP contribution in [0.3, 0.4) is 0 Å². The fraction of sp³-hybridized carbons (Fsp3) is 1.00. The van der Waals surface area contributed by atoms with Crippen molar-refractivity contribution >= 4 is 0 Å². The number of nitrogens with zero attached hydrogens (tertiary/aromatic N) is 1. The van der Waals surface area contributed by atoms with Crippen molar-refractivity contribution in [3.63, 3.8) is 0 Å². The molecule has 0 radical (unpaired) electrons. The van der Waals surface area contributed by atoms with Crippen molar-refractivity contribution in [2.24, 2.45) is 17.6 Å². The lowest BCUT2D eigenvalue weighted by Crippen LogP contribution is -2.37. The molecule has 1 aliphatic heterocycles. The van der Waals surface area contributed by atoms with E-state index in [1.165, 1.54) is 51.6 Å². The molecule has 1 saturated heterocycles. The van der Waals surface area contributed by atoms with Crippen LogP contribution in [0.2, 0.25) is 0 Å². The van der Waals surface area contributed by atoms with E-state index in [2.05, 4.69) is 11.9 Å². The van der Waals surface area contributed by atoms with Crippen molar-refractivity contribution < 1.29 is 4.74 Å². The molecule has 1 heterocycles. The summed E-state index contributed by atoms with van der Waals surface area (Å²) >= 11 is 0. The summed E-state index contributed by atoms with van der Waals surface area (Å²) in [5.41, 5.74) is 6.05. The van der Waals surface area contributed by atoms with Gasteiger partial charge in [0.2, 0.25) is 0 Å². The van der Waals surface area contributed by atoms with Crippen LogP contribution in [-0.2, 0) is 4.74 Å². The molecule has 3 nitrogen and oxygen atoms in total. The van der Waals surface area contributed by atoms with Gasteiger partial charge in [-0.05, 0) is 51.0 Å². The van der Waals surface area contributed by atoms with Crippen LogP contribution in [0.1, 0.15) is 38.5 Å². The lowest BCUT2D eigenvalue weighted by Gasteiger charge is -2.32. The first kappa shape index (κ1) is 13.3. The van der Waals surface area contributed by atoms with Gasteiger partial charge in [-0.2, -0.15) is 0 Å². The van der Waals surface area contributed by atoms with E-state index in [1.54, 1.807) is 0 Å². The molecule has 0 aromatic heterocycles. The first-order valence-corrected chi connectivity index (χ1v) is 7.26. The minimum absolute atomic E-state index is 0.458. The summed E-state index contributed by atoms with van der Waals surface area (Å²) in [6.07, 6.45) is 7.74. The molecule has 1 aliphatic carbocycles. The van der Waals surface area contributed by atoms with Gasteiger partial charge in [-0.15, -0.1) is 0 Å². The summed E-state index contributed by atoms with van der Waals surface area (Å²) < 4.78 is 5.54. The Kier molecular flexibility index (Phi) is 5.26. The number of rotatable bonds is 4. The van der Waals surface area contributed by atoms with E-state index in [9.17, 15) is 0 Å². The lowest BCUT2D eigenvalue weighted by molar-refractivity contribution is 0.0391. The van der Waals surface area contributed by atoms with Crippen LogP contribution in [-0.4, -0.2) is 44.3 Å². The minimum atomic E-state index is 0.458. The summed E-state index contributed by atoms with van der Waals surface area (Å²) in [6, 6.07) is 0.458. The van der Waals surface area contributed by atoms with Crippen LogP contribution in [0.15, 0.2) is 0 Å². The second-order valence-electron chi connectivity index (χ2n) is 6.10. The highest BCUT2D eigenvalue weighted by Gasteiger charge is 2.22. The Labute approximate surface area is 106 Å². The predicted octanol–water partition coefficient (Wildman–Crippen LogP) is 1.86. The number of nitrogens with two attached hydrogens (primary N) is 1. The predicted molar refractivity (Wildman–Crippen MR) is 71.0 cm³/mol. The molecule has 0 spiro atoms. The summed E-state index contributed by atoms with van der Waals surface area (Å²) in [7, 11) is 2.26. The highest BCUT2D eigenvalue weighted by Crippen LogP contribution is 2.24. The molecule has 2 aliphatic rings. The fourth-order valence-electron chi connectivity index (χ4n) is 3.41. The van der Waals surface area contributed by atoms with Gasteiger partial charge < -0.3 is 15.4 Å². The van der Waals surface area contributed by atoms with Gasteiger partial charge in [0, 0.05) is 25.7 Å². The maximum atomic E-state index is 6.05. The van der Waals surface area contributed by atoms with Crippen molar-refractivity contribution in [2.75, 3.05) is 33.4 Å². The van der Waals surface area contributed by atoms with Gasteiger partial charge in [-0.25, -0.2) is 0 Å². The molecular weight excluding hydrogens is 212 g/mol. The zero-order valence-electron chi connectivity index (χ0n) is 11.2. The van der Waals surface area contributed by atoms with Gasteiger partial charge in [-0.3, -0.25) is 0 Å². The molecule has 2 fully saturated rings. The monoisotopic (exact) mass is 240 g/mol. The van der Waals surface area contributed by atoms with E-state index in [0.29, 0.717) is 6.04 Å². The smallest absolute Gasteiger partial charge is 0.0506 e. The highest BCUT2D eigenvalue weighted by atomic mass is 16.5. The zero-order valence-corrected chi connectivity index (χ0v) is 11.2. The van der Waals surface area contributed by atoms with Gasteiger partial charge >= 0.3 is 0 Å². The molecule has 100 valence electrons. The van der Waals surface area contributed by atoms with Crippen LogP contribution < -0.4 is 5.73 Å². The third kappa shape index (κ3) is 4.57. The molecular formula is C14H28N2O. The van der Waals surface area contributed by atoms with E-state index >= 15 is 0 Å². The second kappa shape index (κ2) is 6.72. The first-order chi connectivity index (χ1) is 8.24. The largest absolute Gasteiger partial charge is 0.381 e. The topological polar surface area (TPSA) is 38.5 Å². The van der Waals surface area contributed by atoms with Gasteiger partial charge in [-0.1, -0.05) is 6.42 Å². The Bertz CT molecular complexity index is 216. The van der Waals surface area contributed by atoms with Crippen LogP contribution in [0, 0.1) is 11.8 Å². The van der Waals surface area contributed by atoms with E-state index in [1.807, 2.05) is 0 Å². The molecule has 1 saturated carbocycles. The first-order valence-electron chi connectivity index (χ1n) is 7.26. The Morgan fingerprint density at radius 2 is 1.88 bits per heavy atom.